The zero-order valence-corrected chi connectivity index (χ0v) is 12.8. The second-order valence-electron chi connectivity index (χ2n) is 4.85. The van der Waals surface area contributed by atoms with Crippen LogP contribution >= 0.6 is 0 Å². The first kappa shape index (κ1) is 14.6. The summed E-state index contributed by atoms with van der Waals surface area (Å²) in [6.45, 7) is 5.91. The molecule has 0 atom stereocenters. The zero-order chi connectivity index (χ0) is 14.8. The van der Waals surface area contributed by atoms with Crippen molar-refractivity contribution < 1.29 is 8.42 Å². The van der Waals surface area contributed by atoms with Gasteiger partial charge in [0, 0.05) is 0 Å². The maximum Gasteiger partial charge on any atom is 0.261 e. The standard InChI is InChI=1S/C16H19NO2S/c1-4-14-8-10-15(11-9-14)20(18,19)17-16-7-5-6-12(2)13(16)3/h5-11,17H,4H2,1-3H3. The molecule has 0 saturated carbocycles. The lowest BCUT2D eigenvalue weighted by molar-refractivity contribution is 0.601. The van der Waals surface area contributed by atoms with Crippen LogP contribution in [0.2, 0.25) is 0 Å². The van der Waals surface area contributed by atoms with E-state index in [9.17, 15) is 8.42 Å². The largest absolute Gasteiger partial charge is 0.279 e. The molecule has 106 valence electrons. The Hall–Kier alpha value is -1.81. The second-order valence-corrected chi connectivity index (χ2v) is 6.53. The number of hydrogen-bond donors (Lipinski definition) is 1. The molecule has 0 bridgehead atoms. The maximum absolute atomic E-state index is 12.4. The lowest BCUT2D eigenvalue weighted by Crippen LogP contribution is -2.14. The topological polar surface area (TPSA) is 46.2 Å². The SMILES string of the molecule is CCc1ccc(S(=O)(=O)Nc2cccc(C)c2C)cc1. The number of aryl methyl sites for hydroxylation is 2. The molecule has 0 unspecified atom stereocenters. The number of benzene rings is 2. The van der Waals surface area contributed by atoms with E-state index in [2.05, 4.69) is 4.72 Å². The van der Waals surface area contributed by atoms with Gasteiger partial charge in [-0.2, -0.15) is 0 Å². The van der Waals surface area contributed by atoms with Crippen LogP contribution in [0.3, 0.4) is 0 Å². The van der Waals surface area contributed by atoms with E-state index in [4.69, 9.17) is 0 Å². The minimum absolute atomic E-state index is 0.288. The molecule has 0 radical (unpaired) electrons. The van der Waals surface area contributed by atoms with E-state index in [1.54, 1.807) is 18.2 Å². The number of nitrogens with one attached hydrogen (secondary N) is 1. The first-order valence-electron chi connectivity index (χ1n) is 6.62. The second kappa shape index (κ2) is 5.67. The van der Waals surface area contributed by atoms with E-state index < -0.39 is 10.0 Å². The summed E-state index contributed by atoms with van der Waals surface area (Å²) in [7, 11) is -3.53. The Morgan fingerprint density at radius 1 is 1.00 bits per heavy atom. The van der Waals surface area contributed by atoms with Crippen LogP contribution in [0.1, 0.15) is 23.6 Å². The van der Waals surface area contributed by atoms with E-state index in [-0.39, 0.29) is 4.90 Å². The van der Waals surface area contributed by atoms with Crippen molar-refractivity contribution in [3.05, 3.63) is 59.2 Å². The van der Waals surface area contributed by atoms with Crippen molar-refractivity contribution in [3.8, 4) is 0 Å². The van der Waals surface area contributed by atoms with Crippen LogP contribution in [-0.4, -0.2) is 8.42 Å². The third-order valence-electron chi connectivity index (χ3n) is 3.49. The number of rotatable bonds is 4. The van der Waals surface area contributed by atoms with Gasteiger partial charge in [-0.05, 0) is 55.2 Å². The molecule has 4 heteroatoms. The normalized spacial score (nSPS) is 11.3. The molecule has 20 heavy (non-hydrogen) atoms. The minimum atomic E-state index is -3.53. The molecule has 2 rings (SSSR count). The summed E-state index contributed by atoms with van der Waals surface area (Å²) >= 11 is 0. The van der Waals surface area contributed by atoms with E-state index in [1.165, 1.54) is 0 Å². The lowest BCUT2D eigenvalue weighted by atomic mass is 10.1. The van der Waals surface area contributed by atoms with Crippen LogP contribution < -0.4 is 4.72 Å². The quantitative estimate of drug-likeness (QED) is 0.933. The Morgan fingerprint density at radius 2 is 1.65 bits per heavy atom. The monoisotopic (exact) mass is 289 g/mol. The Morgan fingerprint density at radius 3 is 2.25 bits per heavy atom. The average Bonchev–Trinajstić information content (AvgIpc) is 2.44. The molecular weight excluding hydrogens is 270 g/mol. The van der Waals surface area contributed by atoms with Gasteiger partial charge in [0.25, 0.3) is 10.0 Å². The lowest BCUT2D eigenvalue weighted by Gasteiger charge is -2.12. The van der Waals surface area contributed by atoms with E-state index in [0.717, 1.165) is 23.1 Å². The molecule has 0 aliphatic rings. The summed E-state index contributed by atoms with van der Waals surface area (Å²) in [4.78, 5) is 0.288. The molecule has 0 heterocycles. The molecule has 1 N–H and O–H groups in total. The molecule has 3 nitrogen and oxygen atoms in total. The Kier molecular flexibility index (Phi) is 4.14. The Bertz CT molecular complexity index is 704. The molecule has 0 aliphatic heterocycles. The molecule has 0 aromatic heterocycles. The Balaban J connectivity index is 2.33. The van der Waals surface area contributed by atoms with Crippen molar-refractivity contribution in [1.29, 1.82) is 0 Å². The van der Waals surface area contributed by atoms with E-state index >= 15 is 0 Å². The smallest absolute Gasteiger partial charge is 0.261 e. The Labute approximate surface area is 120 Å². The van der Waals surface area contributed by atoms with E-state index in [0.29, 0.717) is 5.69 Å². The summed E-state index contributed by atoms with van der Waals surface area (Å²) in [5.74, 6) is 0. The fraction of sp³-hybridized carbons (Fsp3) is 0.250. The van der Waals surface area contributed by atoms with Gasteiger partial charge in [-0.15, -0.1) is 0 Å². The maximum atomic E-state index is 12.4. The first-order chi connectivity index (χ1) is 9.44. The third-order valence-corrected chi connectivity index (χ3v) is 4.87. The third kappa shape index (κ3) is 3.02. The van der Waals surface area contributed by atoms with Gasteiger partial charge >= 0.3 is 0 Å². The summed E-state index contributed by atoms with van der Waals surface area (Å²) in [6.07, 6.45) is 0.894. The molecule has 0 fully saturated rings. The van der Waals surface area contributed by atoms with Gasteiger partial charge in [0.1, 0.15) is 0 Å². The molecule has 2 aromatic rings. The van der Waals surface area contributed by atoms with Gasteiger partial charge in [-0.3, -0.25) is 4.72 Å². The molecule has 0 aliphatic carbocycles. The van der Waals surface area contributed by atoms with Crippen molar-refractivity contribution >= 4 is 15.7 Å². The molecule has 0 saturated heterocycles. The van der Waals surface area contributed by atoms with Crippen LogP contribution in [0.25, 0.3) is 0 Å². The summed E-state index contributed by atoms with van der Waals surface area (Å²) in [5.41, 5.74) is 3.76. The molecule has 0 spiro atoms. The van der Waals surface area contributed by atoms with Gasteiger partial charge in [0.2, 0.25) is 0 Å². The highest BCUT2D eigenvalue weighted by Gasteiger charge is 2.15. The predicted octanol–water partition coefficient (Wildman–Crippen LogP) is 3.67. The molecular formula is C16H19NO2S. The number of anilines is 1. The highest BCUT2D eigenvalue weighted by Crippen LogP contribution is 2.22. The minimum Gasteiger partial charge on any atom is -0.279 e. The number of hydrogen-bond acceptors (Lipinski definition) is 2. The van der Waals surface area contributed by atoms with Crippen molar-refractivity contribution in [2.75, 3.05) is 4.72 Å². The van der Waals surface area contributed by atoms with Crippen LogP contribution in [0, 0.1) is 13.8 Å². The van der Waals surface area contributed by atoms with E-state index in [1.807, 2.05) is 45.0 Å². The van der Waals surface area contributed by atoms with Crippen molar-refractivity contribution in [3.63, 3.8) is 0 Å². The van der Waals surface area contributed by atoms with Crippen LogP contribution in [0.5, 0.6) is 0 Å². The van der Waals surface area contributed by atoms with Gasteiger partial charge in [-0.25, -0.2) is 8.42 Å². The summed E-state index contributed by atoms with van der Waals surface area (Å²) in [5, 5.41) is 0. The zero-order valence-electron chi connectivity index (χ0n) is 12.0. The average molecular weight is 289 g/mol. The number of sulfonamides is 1. The van der Waals surface area contributed by atoms with Crippen LogP contribution in [-0.2, 0) is 16.4 Å². The highest BCUT2D eigenvalue weighted by molar-refractivity contribution is 7.92. The van der Waals surface area contributed by atoms with Crippen molar-refractivity contribution in [2.45, 2.75) is 32.1 Å². The highest BCUT2D eigenvalue weighted by atomic mass is 32.2. The van der Waals surface area contributed by atoms with Gasteiger partial charge in [0.05, 0.1) is 10.6 Å². The fourth-order valence-corrected chi connectivity index (χ4v) is 3.09. The predicted molar refractivity (Wildman–Crippen MR) is 82.5 cm³/mol. The summed E-state index contributed by atoms with van der Waals surface area (Å²) < 4.78 is 27.4. The first-order valence-corrected chi connectivity index (χ1v) is 8.10. The molecule has 0 amide bonds. The fourth-order valence-electron chi connectivity index (χ4n) is 1.97. The van der Waals surface area contributed by atoms with Crippen LogP contribution in [0.15, 0.2) is 47.4 Å². The molecule has 2 aromatic carbocycles. The van der Waals surface area contributed by atoms with Crippen LogP contribution in [0.4, 0.5) is 5.69 Å². The van der Waals surface area contributed by atoms with Gasteiger partial charge in [0.15, 0.2) is 0 Å². The van der Waals surface area contributed by atoms with Gasteiger partial charge in [-0.1, -0.05) is 31.2 Å². The van der Waals surface area contributed by atoms with Crippen molar-refractivity contribution in [2.24, 2.45) is 0 Å². The van der Waals surface area contributed by atoms with Gasteiger partial charge < -0.3 is 0 Å². The van der Waals surface area contributed by atoms with Crippen molar-refractivity contribution in [1.82, 2.24) is 0 Å². The summed E-state index contributed by atoms with van der Waals surface area (Å²) in [6, 6.07) is 12.6.